The summed E-state index contributed by atoms with van der Waals surface area (Å²) in [5, 5.41) is 0.127. The van der Waals surface area contributed by atoms with Crippen molar-refractivity contribution in [1.29, 1.82) is 0 Å². The molecule has 1 aromatic carbocycles. The molecule has 0 aliphatic carbocycles. The van der Waals surface area contributed by atoms with Crippen LogP contribution in [0.3, 0.4) is 0 Å². The van der Waals surface area contributed by atoms with E-state index in [1.807, 2.05) is 4.90 Å². The SMILES string of the molecule is Cc1ccc2c(c1)CCCN2c1nc(N)nc(Cl)n1. The molecule has 1 aliphatic rings. The number of rotatable bonds is 1. The first-order valence-electron chi connectivity index (χ1n) is 6.17. The van der Waals surface area contributed by atoms with E-state index < -0.39 is 0 Å². The van der Waals surface area contributed by atoms with Crippen molar-refractivity contribution in [2.45, 2.75) is 19.8 Å². The highest BCUT2D eigenvalue weighted by Crippen LogP contribution is 2.32. The van der Waals surface area contributed by atoms with Gasteiger partial charge >= 0.3 is 0 Å². The highest BCUT2D eigenvalue weighted by atomic mass is 35.5. The lowest BCUT2D eigenvalue weighted by Crippen LogP contribution is -2.26. The third-order valence-corrected chi connectivity index (χ3v) is 3.38. The summed E-state index contributed by atoms with van der Waals surface area (Å²) in [4.78, 5) is 14.2. The first-order valence-corrected chi connectivity index (χ1v) is 6.55. The molecule has 0 bridgehead atoms. The second kappa shape index (κ2) is 4.66. The summed E-state index contributed by atoms with van der Waals surface area (Å²) in [6.07, 6.45) is 2.13. The molecule has 1 aliphatic heterocycles. The zero-order chi connectivity index (χ0) is 13.4. The first kappa shape index (κ1) is 12.2. The van der Waals surface area contributed by atoms with Gasteiger partial charge in [0.25, 0.3) is 0 Å². The second-order valence-electron chi connectivity index (χ2n) is 4.65. The maximum absolute atomic E-state index is 5.85. The van der Waals surface area contributed by atoms with Crippen LogP contribution in [-0.2, 0) is 6.42 Å². The molecule has 2 heterocycles. The van der Waals surface area contributed by atoms with Gasteiger partial charge in [0, 0.05) is 12.2 Å². The molecular weight excluding hydrogens is 262 g/mol. The van der Waals surface area contributed by atoms with Crippen molar-refractivity contribution in [3.63, 3.8) is 0 Å². The Labute approximate surface area is 116 Å². The first-order chi connectivity index (χ1) is 9.13. The molecule has 0 saturated carbocycles. The number of nitrogen functional groups attached to an aromatic ring is 1. The molecule has 3 rings (SSSR count). The number of halogens is 1. The Kier molecular flexibility index (Phi) is 2.98. The number of anilines is 3. The average molecular weight is 276 g/mol. The van der Waals surface area contributed by atoms with Crippen LogP contribution in [0.4, 0.5) is 17.6 Å². The number of benzene rings is 1. The van der Waals surface area contributed by atoms with Crippen LogP contribution in [-0.4, -0.2) is 21.5 Å². The van der Waals surface area contributed by atoms with Gasteiger partial charge in [-0.25, -0.2) is 0 Å². The molecule has 2 N–H and O–H groups in total. The zero-order valence-corrected chi connectivity index (χ0v) is 11.4. The molecule has 19 heavy (non-hydrogen) atoms. The Hall–Kier alpha value is -1.88. The molecule has 5 nitrogen and oxygen atoms in total. The van der Waals surface area contributed by atoms with Crippen molar-refractivity contribution in [2.24, 2.45) is 0 Å². The summed E-state index contributed by atoms with van der Waals surface area (Å²) in [6.45, 7) is 2.95. The molecule has 0 amide bonds. The van der Waals surface area contributed by atoms with E-state index >= 15 is 0 Å². The van der Waals surface area contributed by atoms with Gasteiger partial charge in [-0.2, -0.15) is 15.0 Å². The van der Waals surface area contributed by atoms with E-state index in [1.165, 1.54) is 11.1 Å². The molecular formula is C13H14ClN5. The predicted molar refractivity (Wildman–Crippen MR) is 75.8 cm³/mol. The van der Waals surface area contributed by atoms with Gasteiger partial charge in [-0.15, -0.1) is 0 Å². The molecule has 0 atom stereocenters. The number of nitrogens with two attached hydrogens (primary N) is 1. The largest absolute Gasteiger partial charge is 0.368 e. The average Bonchev–Trinajstić information content (AvgIpc) is 2.36. The lowest BCUT2D eigenvalue weighted by atomic mass is 10.00. The fourth-order valence-corrected chi connectivity index (χ4v) is 2.57. The van der Waals surface area contributed by atoms with Crippen LogP contribution in [0.25, 0.3) is 0 Å². The van der Waals surface area contributed by atoms with Gasteiger partial charge in [-0.1, -0.05) is 17.7 Å². The third kappa shape index (κ3) is 2.33. The molecule has 0 fully saturated rings. The van der Waals surface area contributed by atoms with E-state index in [9.17, 15) is 0 Å². The maximum Gasteiger partial charge on any atom is 0.236 e. The fraction of sp³-hybridized carbons (Fsp3) is 0.308. The summed E-state index contributed by atoms with van der Waals surface area (Å²) >= 11 is 5.85. The Bertz CT molecular complexity index is 608. The Morgan fingerprint density at radius 2 is 2.11 bits per heavy atom. The van der Waals surface area contributed by atoms with Crippen molar-refractivity contribution >= 4 is 29.2 Å². The molecule has 0 spiro atoms. The lowest BCUT2D eigenvalue weighted by molar-refractivity contribution is 0.747. The summed E-state index contributed by atoms with van der Waals surface area (Å²) < 4.78 is 0. The highest BCUT2D eigenvalue weighted by molar-refractivity contribution is 6.28. The molecule has 98 valence electrons. The van der Waals surface area contributed by atoms with Crippen LogP contribution < -0.4 is 10.6 Å². The van der Waals surface area contributed by atoms with Gasteiger partial charge in [0.1, 0.15) is 0 Å². The van der Waals surface area contributed by atoms with Crippen LogP contribution >= 0.6 is 11.6 Å². The Morgan fingerprint density at radius 1 is 1.26 bits per heavy atom. The quantitative estimate of drug-likeness (QED) is 0.866. The third-order valence-electron chi connectivity index (χ3n) is 3.21. The van der Waals surface area contributed by atoms with Gasteiger partial charge in [-0.3, -0.25) is 0 Å². The number of hydrogen-bond acceptors (Lipinski definition) is 5. The molecule has 2 aromatic rings. The van der Waals surface area contributed by atoms with E-state index in [0.717, 1.165) is 25.1 Å². The van der Waals surface area contributed by atoms with Gasteiger partial charge in [0.05, 0.1) is 0 Å². The molecule has 0 unspecified atom stereocenters. The normalized spacial score (nSPS) is 14.3. The number of hydrogen-bond donors (Lipinski definition) is 1. The number of aromatic nitrogens is 3. The van der Waals surface area contributed by atoms with Crippen LogP contribution in [0.15, 0.2) is 18.2 Å². The minimum atomic E-state index is 0.127. The summed E-state index contributed by atoms with van der Waals surface area (Å²) in [5.41, 5.74) is 9.33. The zero-order valence-electron chi connectivity index (χ0n) is 10.6. The van der Waals surface area contributed by atoms with Crippen LogP contribution in [0.2, 0.25) is 5.28 Å². The van der Waals surface area contributed by atoms with Crippen molar-refractivity contribution in [2.75, 3.05) is 17.2 Å². The molecule has 1 aromatic heterocycles. The van der Waals surface area contributed by atoms with Crippen LogP contribution in [0.1, 0.15) is 17.5 Å². The maximum atomic E-state index is 5.85. The summed E-state index contributed by atoms with van der Waals surface area (Å²) in [5.74, 6) is 0.663. The highest BCUT2D eigenvalue weighted by Gasteiger charge is 2.21. The Balaban J connectivity index is 2.08. The summed E-state index contributed by atoms with van der Waals surface area (Å²) in [6, 6.07) is 6.38. The van der Waals surface area contributed by atoms with E-state index in [-0.39, 0.29) is 11.2 Å². The van der Waals surface area contributed by atoms with E-state index in [1.54, 1.807) is 0 Å². The minimum Gasteiger partial charge on any atom is -0.368 e. The molecule has 6 heteroatoms. The van der Waals surface area contributed by atoms with E-state index in [0.29, 0.717) is 5.95 Å². The van der Waals surface area contributed by atoms with E-state index in [2.05, 4.69) is 40.1 Å². The van der Waals surface area contributed by atoms with Crippen molar-refractivity contribution in [3.05, 3.63) is 34.6 Å². The van der Waals surface area contributed by atoms with E-state index in [4.69, 9.17) is 17.3 Å². The van der Waals surface area contributed by atoms with Gasteiger partial charge in [0.15, 0.2) is 0 Å². The number of nitrogens with zero attached hydrogens (tertiary/aromatic N) is 4. The topological polar surface area (TPSA) is 67.9 Å². The minimum absolute atomic E-state index is 0.127. The van der Waals surface area contributed by atoms with Gasteiger partial charge in [0.2, 0.25) is 17.2 Å². The fourth-order valence-electron chi connectivity index (χ4n) is 2.41. The number of aryl methyl sites for hydroxylation is 2. The van der Waals surface area contributed by atoms with Crippen molar-refractivity contribution < 1.29 is 0 Å². The van der Waals surface area contributed by atoms with Gasteiger partial charge in [-0.05, 0) is 43.0 Å². The van der Waals surface area contributed by atoms with Crippen molar-refractivity contribution in [3.8, 4) is 0 Å². The van der Waals surface area contributed by atoms with Crippen molar-refractivity contribution in [1.82, 2.24) is 15.0 Å². The second-order valence-corrected chi connectivity index (χ2v) is 4.99. The monoisotopic (exact) mass is 275 g/mol. The standard InChI is InChI=1S/C13H14ClN5/c1-8-4-5-10-9(7-8)3-2-6-19(10)13-17-11(14)16-12(15)18-13/h4-5,7H,2-3,6H2,1H3,(H2,15,16,17,18). The predicted octanol–water partition coefficient (Wildman–Crippen LogP) is 2.50. The molecule has 0 saturated heterocycles. The van der Waals surface area contributed by atoms with Gasteiger partial charge < -0.3 is 10.6 Å². The smallest absolute Gasteiger partial charge is 0.236 e. The summed E-state index contributed by atoms with van der Waals surface area (Å²) in [7, 11) is 0. The lowest BCUT2D eigenvalue weighted by Gasteiger charge is -2.29. The van der Waals surface area contributed by atoms with Crippen LogP contribution in [0.5, 0.6) is 0 Å². The van der Waals surface area contributed by atoms with Crippen LogP contribution in [0, 0.1) is 6.92 Å². The molecule has 0 radical (unpaired) electrons. The Morgan fingerprint density at radius 3 is 2.89 bits per heavy atom. The number of fused-ring (bicyclic) bond motifs is 1.